The summed E-state index contributed by atoms with van der Waals surface area (Å²) >= 11 is 0. The molecule has 0 aromatic rings. The van der Waals surface area contributed by atoms with Crippen molar-refractivity contribution < 1.29 is 0 Å². The molecule has 20 heavy (non-hydrogen) atoms. The van der Waals surface area contributed by atoms with Gasteiger partial charge in [0.25, 0.3) is 0 Å². The molecule has 1 N–H and O–H groups in total. The number of nitrogens with zero attached hydrogens (tertiary/aromatic N) is 1. The van der Waals surface area contributed by atoms with Crippen molar-refractivity contribution in [3.05, 3.63) is 0 Å². The van der Waals surface area contributed by atoms with Crippen molar-refractivity contribution >= 4 is 0 Å². The molecular weight excluding hydrogens is 244 g/mol. The lowest BCUT2D eigenvalue weighted by Crippen LogP contribution is -2.58. The fourth-order valence-electron chi connectivity index (χ4n) is 3.32. The Balaban J connectivity index is 2.50. The lowest BCUT2D eigenvalue weighted by Gasteiger charge is -2.44. The van der Waals surface area contributed by atoms with Crippen LogP contribution in [0.2, 0.25) is 0 Å². The monoisotopic (exact) mass is 282 g/mol. The summed E-state index contributed by atoms with van der Waals surface area (Å²) in [5, 5.41) is 3.75. The average Bonchev–Trinajstić information content (AvgIpc) is 2.40. The molecule has 1 saturated heterocycles. The summed E-state index contributed by atoms with van der Waals surface area (Å²) in [5.74, 6) is 0.785. The minimum atomic E-state index is 0.459. The number of hydrogen-bond donors (Lipinski definition) is 1. The van der Waals surface area contributed by atoms with Gasteiger partial charge in [-0.25, -0.2) is 0 Å². The maximum atomic E-state index is 3.75. The predicted octanol–water partition coefficient (Wildman–Crippen LogP) is 4.30. The largest absolute Gasteiger partial charge is 0.311 e. The minimum absolute atomic E-state index is 0.459. The Hall–Kier alpha value is -0.0800. The summed E-state index contributed by atoms with van der Waals surface area (Å²) in [7, 11) is 0. The lowest BCUT2D eigenvalue weighted by molar-refractivity contribution is 0.0739. The van der Waals surface area contributed by atoms with Gasteiger partial charge in [-0.3, -0.25) is 4.90 Å². The van der Waals surface area contributed by atoms with Gasteiger partial charge in [-0.15, -0.1) is 0 Å². The van der Waals surface area contributed by atoms with Crippen molar-refractivity contribution in [2.45, 2.75) is 85.7 Å². The van der Waals surface area contributed by atoms with E-state index in [1.54, 1.807) is 0 Å². The van der Waals surface area contributed by atoms with Crippen molar-refractivity contribution in [1.82, 2.24) is 10.2 Å². The molecule has 1 rings (SSSR count). The van der Waals surface area contributed by atoms with Crippen LogP contribution in [0.3, 0.4) is 0 Å². The van der Waals surface area contributed by atoms with E-state index in [4.69, 9.17) is 0 Å². The third-order valence-corrected chi connectivity index (χ3v) is 5.15. The molecule has 2 nitrogen and oxygen atoms in total. The molecule has 0 aliphatic carbocycles. The smallest absolute Gasteiger partial charge is 0.0221 e. The Morgan fingerprint density at radius 3 is 2.55 bits per heavy atom. The van der Waals surface area contributed by atoms with Crippen molar-refractivity contribution in [3.8, 4) is 0 Å². The molecule has 0 spiro atoms. The molecule has 0 amide bonds. The normalized spacial score (nSPS) is 26.7. The second-order valence-corrected chi connectivity index (χ2v) is 7.80. The van der Waals surface area contributed by atoms with Crippen LogP contribution in [0.15, 0.2) is 0 Å². The molecule has 1 heterocycles. The number of hydrogen-bond acceptors (Lipinski definition) is 2. The van der Waals surface area contributed by atoms with E-state index < -0.39 is 0 Å². The fraction of sp³-hybridized carbons (Fsp3) is 1.00. The van der Waals surface area contributed by atoms with Crippen LogP contribution < -0.4 is 5.32 Å². The second kappa shape index (κ2) is 8.38. The van der Waals surface area contributed by atoms with Crippen molar-refractivity contribution in [2.75, 3.05) is 19.6 Å². The molecule has 1 aliphatic rings. The molecule has 0 bridgehead atoms. The average molecular weight is 283 g/mol. The van der Waals surface area contributed by atoms with Gasteiger partial charge < -0.3 is 5.32 Å². The third kappa shape index (κ3) is 5.73. The summed E-state index contributed by atoms with van der Waals surface area (Å²) in [6, 6.07) is 1.36. The van der Waals surface area contributed by atoms with Crippen LogP contribution in [0.1, 0.15) is 73.6 Å². The van der Waals surface area contributed by atoms with Gasteiger partial charge in [-0.2, -0.15) is 0 Å². The van der Waals surface area contributed by atoms with E-state index in [1.165, 1.54) is 45.2 Å². The van der Waals surface area contributed by atoms with Gasteiger partial charge in [-0.05, 0) is 24.7 Å². The molecule has 1 aliphatic heterocycles. The summed E-state index contributed by atoms with van der Waals surface area (Å²) in [4.78, 5) is 2.74. The third-order valence-electron chi connectivity index (χ3n) is 5.15. The number of rotatable bonds is 8. The van der Waals surface area contributed by atoms with E-state index in [1.807, 2.05) is 0 Å². The number of piperazine rings is 1. The summed E-state index contributed by atoms with van der Waals surface area (Å²) < 4.78 is 0. The zero-order valence-corrected chi connectivity index (χ0v) is 14.8. The highest BCUT2D eigenvalue weighted by atomic mass is 15.2. The highest BCUT2D eigenvalue weighted by molar-refractivity contribution is 4.88. The van der Waals surface area contributed by atoms with Gasteiger partial charge in [0.2, 0.25) is 0 Å². The molecule has 120 valence electrons. The van der Waals surface area contributed by atoms with Gasteiger partial charge in [0.15, 0.2) is 0 Å². The van der Waals surface area contributed by atoms with Gasteiger partial charge in [0, 0.05) is 31.7 Å². The Morgan fingerprint density at radius 1 is 1.25 bits per heavy atom. The van der Waals surface area contributed by atoms with E-state index >= 15 is 0 Å². The lowest BCUT2D eigenvalue weighted by atomic mass is 9.85. The van der Waals surface area contributed by atoms with E-state index in [0.29, 0.717) is 17.5 Å². The van der Waals surface area contributed by atoms with E-state index in [0.717, 1.165) is 12.5 Å². The van der Waals surface area contributed by atoms with Gasteiger partial charge in [0.05, 0.1) is 0 Å². The molecule has 3 atom stereocenters. The first-order valence-electron chi connectivity index (χ1n) is 8.87. The highest BCUT2D eigenvalue weighted by Gasteiger charge is 2.31. The first kappa shape index (κ1) is 18.0. The van der Waals surface area contributed by atoms with E-state index in [9.17, 15) is 0 Å². The van der Waals surface area contributed by atoms with Crippen LogP contribution in [0.5, 0.6) is 0 Å². The number of unbranched alkanes of at least 4 members (excludes halogenated alkanes) is 2. The van der Waals surface area contributed by atoms with Crippen molar-refractivity contribution in [1.29, 1.82) is 0 Å². The zero-order valence-electron chi connectivity index (χ0n) is 14.8. The highest BCUT2D eigenvalue weighted by Crippen LogP contribution is 2.27. The van der Waals surface area contributed by atoms with E-state index in [-0.39, 0.29) is 0 Å². The quantitative estimate of drug-likeness (QED) is 0.668. The first-order chi connectivity index (χ1) is 9.39. The summed E-state index contributed by atoms with van der Waals surface area (Å²) in [6.07, 6.45) is 6.75. The SMILES string of the molecule is CCCCCC(C)(C)CN1CC(C(C)CC)NCC1C. The maximum Gasteiger partial charge on any atom is 0.0221 e. The fourth-order valence-corrected chi connectivity index (χ4v) is 3.32. The molecule has 1 fully saturated rings. The van der Waals surface area contributed by atoms with Crippen LogP contribution in [0, 0.1) is 11.3 Å². The minimum Gasteiger partial charge on any atom is -0.311 e. The topological polar surface area (TPSA) is 15.3 Å². The van der Waals surface area contributed by atoms with Gasteiger partial charge >= 0.3 is 0 Å². The molecule has 0 aromatic heterocycles. The van der Waals surface area contributed by atoms with Crippen LogP contribution in [-0.4, -0.2) is 36.6 Å². The molecular formula is C18H38N2. The first-order valence-corrected chi connectivity index (χ1v) is 8.87. The molecule has 3 unspecified atom stereocenters. The molecule has 0 aromatic carbocycles. The standard InChI is InChI=1S/C18H38N2/c1-7-9-10-11-18(5,6)14-20-13-17(15(3)8-2)19-12-16(20)4/h15-17,19H,7-14H2,1-6H3. The Bertz CT molecular complexity index is 262. The number of nitrogens with one attached hydrogen (secondary N) is 1. The Morgan fingerprint density at radius 2 is 1.95 bits per heavy atom. The van der Waals surface area contributed by atoms with Crippen molar-refractivity contribution in [3.63, 3.8) is 0 Å². The Kier molecular flexibility index (Phi) is 7.53. The van der Waals surface area contributed by atoms with Crippen molar-refractivity contribution in [2.24, 2.45) is 11.3 Å². The predicted molar refractivity (Wildman–Crippen MR) is 90.2 cm³/mol. The zero-order chi connectivity index (χ0) is 15.2. The summed E-state index contributed by atoms with van der Waals surface area (Å²) in [6.45, 7) is 17.9. The maximum absolute atomic E-state index is 3.75. The molecule has 0 saturated carbocycles. The van der Waals surface area contributed by atoms with Crippen LogP contribution in [0.4, 0.5) is 0 Å². The van der Waals surface area contributed by atoms with Gasteiger partial charge in [-0.1, -0.05) is 60.3 Å². The van der Waals surface area contributed by atoms with Crippen LogP contribution >= 0.6 is 0 Å². The van der Waals surface area contributed by atoms with Crippen LogP contribution in [-0.2, 0) is 0 Å². The van der Waals surface area contributed by atoms with Gasteiger partial charge in [0.1, 0.15) is 0 Å². The Labute approximate surface area is 127 Å². The molecule has 0 radical (unpaired) electrons. The summed E-state index contributed by atoms with van der Waals surface area (Å²) in [5.41, 5.74) is 0.459. The second-order valence-electron chi connectivity index (χ2n) is 7.80. The molecule has 2 heteroatoms. The van der Waals surface area contributed by atoms with Crippen LogP contribution in [0.25, 0.3) is 0 Å². The van der Waals surface area contributed by atoms with E-state index in [2.05, 4.69) is 51.8 Å².